The van der Waals surface area contributed by atoms with Crippen LogP contribution in [0.3, 0.4) is 0 Å². The number of aliphatic carboxylic acids is 1. The van der Waals surface area contributed by atoms with Gasteiger partial charge in [-0.05, 0) is 25.8 Å². The number of carbonyl (C=O) groups is 1. The Morgan fingerprint density at radius 3 is 2.42 bits per heavy atom. The Morgan fingerprint density at radius 2 is 2.08 bits per heavy atom. The van der Waals surface area contributed by atoms with E-state index in [0.29, 0.717) is 19.4 Å². The molecular weight excluding hydrogens is 180 g/mol. The van der Waals surface area contributed by atoms with Crippen LogP contribution in [0.2, 0.25) is 0 Å². The van der Waals surface area contributed by atoms with Crippen LogP contribution in [0.5, 0.6) is 0 Å². The molecule has 0 rings (SSSR count). The van der Waals surface area contributed by atoms with Gasteiger partial charge in [0.25, 0.3) is 0 Å². The second kappa shape index (κ2) is 5.35. The van der Waals surface area contributed by atoms with Gasteiger partial charge in [-0.3, -0.25) is 4.79 Å². The zero-order chi connectivity index (χ0) is 9.61. The number of unbranched alkanes of at least 4 members (excludes halogenated alkanes) is 1. The lowest BCUT2D eigenvalue weighted by Crippen LogP contribution is -2.49. The number of carboxylic acid groups (broad SMARTS) is 1. The first-order chi connectivity index (χ1) is 5.56. The number of hydrogen-bond acceptors (Lipinski definition) is 3. The zero-order valence-corrected chi connectivity index (χ0v) is 7.68. The summed E-state index contributed by atoms with van der Waals surface area (Å²) in [6, 6.07) is 0. The third kappa shape index (κ3) is 3.38. The van der Waals surface area contributed by atoms with Gasteiger partial charge in [-0.1, -0.05) is 0 Å². The Bertz CT molecular complexity index is 154. The van der Waals surface area contributed by atoms with Gasteiger partial charge in [0.2, 0.25) is 0 Å². The molecule has 0 amide bonds. The highest BCUT2D eigenvalue weighted by Gasteiger charge is 2.31. The number of nitrogens with two attached hydrogens (primary N) is 2. The Balaban J connectivity index is 3.88. The largest absolute Gasteiger partial charge is 0.480 e. The summed E-state index contributed by atoms with van der Waals surface area (Å²) in [5.74, 6) is -1.11. The van der Waals surface area contributed by atoms with Gasteiger partial charge in [-0.15, -0.1) is 11.6 Å². The molecule has 12 heavy (non-hydrogen) atoms. The molecule has 72 valence electrons. The first-order valence-corrected chi connectivity index (χ1v) is 4.38. The molecule has 0 aliphatic heterocycles. The van der Waals surface area contributed by atoms with Crippen molar-refractivity contribution in [2.24, 2.45) is 11.5 Å². The monoisotopic (exact) mass is 194 g/mol. The lowest BCUT2D eigenvalue weighted by molar-refractivity contribution is -0.142. The normalized spacial score (nSPS) is 15.6. The van der Waals surface area contributed by atoms with Gasteiger partial charge in [0.15, 0.2) is 0 Å². The van der Waals surface area contributed by atoms with Crippen molar-refractivity contribution in [3.05, 3.63) is 0 Å². The fourth-order valence-corrected chi connectivity index (χ4v) is 1.06. The van der Waals surface area contributed by atoms with Gasteiger partial charge >= 0.3 is 5.97 Å². The zero-order valence-electron chi connectivity index (χ0n) is 6.92. The van der Waals surface area contributed by atoms with Gasteiger partial charge < -0.3 is 16.6 Å². The van der Waals surface area contributed by atoms with E-state index in [0.717, 1.165) is 6.42 Å². The maximum Gasteiger partial charge on any atom is 0.324 e. The van der Waals surface area contributed by atoms with Crippen molar-refractivity contribution in [3.63, 3.8) is 0 Å². The molecule has 0 bridgehead atoms. The molecule has 0 aromatic rings. The Labute approximate surface area is 76.9 Å². The molecule has 0 radical (unpaired) electrons. The SMILES string of the molecule is NCCCC[C@@](N)(CCl)C(=O)O. The lowest BCUT2D eigenvalue weighted by atomic mass is 9.96. The molecule has 0 aliphatic rings. The summed E-state index contributed by atoms with van der Waals surface area (Å²) in [4.78, 5) is 10.6. The molecule has 0 spiro atoms. The molecule has 5 heteroatoms. The predicted molar refractivity (Wildman–Crippen MR) is 48.2 cm³/mol. The highest BCUT2D eigenvalue weighted by atomic mass is 35.5. The van der Waals surface area contributed by atoms with Crippen molar-refractivity contribution in [1.82, 2.24) is 0 Å². The highest BCUT2D eigenvalue weighted by Crippen LogP contribution is 2.13. The molecule has 0 aromatic heterocycles. The molecule has 0 fully saturated rings. The second-order valence-corrected chi connectivity index (χ2v) is 3.11. The Hall–Kier alpha value is -0.320. The third-order valence-electron chi connectivity index (χ3n) is 1.74. The standard InChI is InChI=1S/C7H15ClN2O2/c8-5-7(10,6(11)12)3-1-2-4-9/h1-5,9-10H2,(H,11,12)/t7-/m1/s1. The Morgan fingerprint density at radius 1 is 1.50 bits per heavy atom. The van der Waals surface area contributed by atoms with Crippen LogP contribution in [0, 0.1) is 0 Å². The van der Waals surface area contributed by atoms with Gasteiger partial charge in [-0.2, -0.15) is 0 Å². The quantitative estimate of drug-likeness (QED) is 0.415. The van der Waals surface area contributed by atoms with Crippen molar-refractivity contribution in [2.45, 2.75) is 24.8 Å². The maximum absolute atomic E-state index is 10.6. The molecule has 4 nitrogen and oxygen atoms in total. The minimum Gasteiger partial charge on any atom is -0.480 e. The van der Waals surface area contributed by atoms with Crippen LogP contribution in [-0.2, 0) is 4.79 Å². The van der Waals surface area contributed by atoms with E-state index in [9.17, 15) is 4.79 Å². The van der Waals surface area contributed by atoms with Crippen LogP contribution in [0.25, 0.3) is 0 Å². The van der Waals surface area contributed by atoms with Gasteiger partial charge in [0.05, 0.1) is 5.88 Å². The molecule has 0 aliphatic carbocycles. The summed E-state index contributed by atoms with van der Waals surface area (Å²) in [6.07, 6.45) is 1.86. The molecule has 0 saturated heterocycles. The molecule has 0 unspecified atom stereocenters. The second-order valence-electron chi connectivity index (χ2n) is 2.84. The predicted octanol–water partition coefficient (Wildman–Crippen LogP) is 0.136. The van der Waals surface area contributed by atoms with E-state index in [1.54, 1.807) is 0 Å². The summed E-state index contributed by atoms with van der Waals surface area (Å²) in [7, 11) is 0. The van der Waals surface area contributed by atoms with E-state index in [1.165, 1.54) is 0 Å². The minimum absolute atomic E-state index is 0.0626. The molecule has 0 saturated carbocycles. The number of carboxylic acids is 1. The van der Waals surface area contributed by atoms with Crippen LogP contribution in [-0.4, -0.2) is 29.0 Å². The average Bonchev–Trinajstić information content (AvgIpc) is 2.04. The fraction of sp³-hybridized carbons (Fsp3) is 0.857. The van der Waals surface area contributed by atoms with Crippen molar-refractivity contribution in [2.75, 3.05) is 12.4 Å². The van der Waals surface area contributed by atoms with Crippen LogP contribution in [0.4, 0.5) is 0 Å². The van der Waals surface area contributed by atoms with E-state index in [2.05, 4.69) is 0 Å². The van der Waals surface area contributed by atoms with Crippen molar-refractivity contribution >= 4 is 17.6 Å². The summed E-state index contributed by atoms with van der Waals surface area (Å²) in [6.45, 7) is 0.554. The van der Waals surface area contributed by atoms with E-state index in [4.69, 9.17) is 28.2 Å². The van der Waals surface area contributed by atoms with Crippen LogP contribution in [0.15, 0.2) is 0 Å². The number of halogens is 1. The summed E-state index contributed by atoms with van der Waals surface area (Å²) in [5.41, 5.74) is 9.48. The first-order valence-electron chi connectivity index (χ1n) is 3.85. The molecule has 0 aromatic carbocycles. The van der Waals surface area contributed by atoms with Crippen molar-refractivity contribution in [3.8, 4) is 0 Å². The van der Waals surface area contributed by atoms with Gasteiger partial charge in [-0.25, -0.2) is 0 Å². The number of rotatable bonds is 6. The Kier molecular flexibility index (Phi) is 5.20. The first kappa shape index (κ1) is 11.7. The molecule has 5 N–H and O–H groups in total. The van der Waals surface area contributed by atoms with Crippen LogP contribution >= 0.6 is 11.6 Å². The van der Waals surface area contributed by atoms with E-state index in [1.807, 2.05) is 0 Å². The van der Waals surface area contributed by atoms with E-state index in [-0.39, 0.29) is 5.88 Å². The van der Waals surface area contributed by atoms with Crippen molar-refractivity contribution < 1.29 is 9.90 Å². The fourth-order valence-electron chi connectivity index (χ4n) is 0.816. The minimum atomic E-state index is -1.28. The average molecular weight is 195 g/mol. The third-order valence-corrected chi connectivity index (χ3v) is 2.22. The summed E-state index contributed by atoms with van der Waals surface area (Å²) in [5, 5.41) is 8.69. The maximum atomic E-state index is 10.6. The van der Waals surface area contributed by atoms with Gasteiger partial charge in [0, 0.05) is 0 Å². The molecule has 1 atom stereocenters. The van der Waals surface area contributed by atoms with Crippen LogP contribution in [0.1, 0.15) is 19.3 Å². The van der Waals surface area contributed by atoms with E-state index < -0.39 is 11.5 Å². The molecule has 0 heterocycles. The smallest absolute Gasteiger partial charge is 0.324 e. The summed E-state index contributed by atoms with van der Waals surface area (Å²) < 4.78 is 0. The molecular formula is C7H15ClN2O2. The topological polar surface area (TPSA) is 89.3 Å². The highest BCUT2D eigenvalue weighted by molar-refractivity contribution is 6.20. The lowest BCUT2D eigenvalue weighted by Gasteiger charge is -2.21. The van der Waals surface area contributed by atoms with Crippen molar-refractivity contribution in [1.29, 1.82) is 0 Å². The van der Waals surface area contributed by atoms with Crippen LogP contribution < -0.4 is 11.5 Å². The number of hydrogen-bond donors (Lipinski definition) is 3. The number of alkyl halides is 1. The summed E-state index contributed by atoms with van der Waals surface area (Å²) >= 11 is 5.45. The van der Waals surface area contributed by atoms with E-state index >= 15 is 0 Å². The van der Waals surface area contributed by atoms with Gasteiger partial charge in [0.1, 0.15) is 5.54 Å².